The van der Waals surface area contributed by atoms with Crippen molar-refractivity contribution in [3.05, 3.63) is 169 Å². The van der Waals surface area contributed by atoms with Crippen molar-refractivity contribution in [2.75, 3.05) is 0 Å². The number of benzene rings is 6. The van der Waals surface area contributed by atoms with Gasteiger partial charge in [0, 0.05) is 0 Å². The minimum absolute atomic E-state index is 0.0320. The average molecular weight is 674 g/mol. The van der Waals surface area contributed by atoms with Gasteiger partial charge in [0.15, 0.2) is 0 Å². The summed E-state index contributed by atoms with van der Waals surface area (Å²) in [6.45, 7) is 4.80. The summed E-state index contributed by atoms with van der Waals surface area (Å²) in [5.74, 6) is 0. The summed E-state index contributed by atoms with van der Waals surface area (Å²) in [6.07, 6.45) is 2.21. The van der Waals surface area contributed by atoms with Crippen LogP contribution in [0.5, 0.6) is 0 Å². The van der Waals surface area contributed by atoms with Crippen molar-refractivity contribution in [2.24, 2.45) is 0 Å². The molecule has 0 saturated heterocycles. The number of fused-ring (bicyclic) bond motifs is 3. The molecule has 2 radical (unpaired) electrons. The maximum absolute atomic E-state index is 2.63. The Labute approximate surface area is 265 Å². The van der Waals surface area contributed by atoms with E-state index in [-0.39, 0.29) is 5.41 Å². The van der Waals surface area contributed by atoms with Crippen LogP contribution in [0.3, 0.4) is 0 Å². The molecule has 0 aromatic heterocycles. The summed E-state index contributed by atoms with van der Waals surface area (Å²) < 4.78 is 9.10. The Morgan fingerprint density at radius 3 is 0.953 bits per heavy atom. The third-order valence-corrected chi connectivity index (χ3v) is 20.8. The molecule has 6 aromatic rings. The van der Waals surface area contributed by atoms with Gasteiger partial charge in [0.2, 0.25) is 0 Å². The van der Waals surface area contributed by atoms with Crippen LogP contribution in [0.2, 0.25) is 0 Å². The molecule has 0 aliphatic heterocycles. The molecule has 0 bridgehead atoms. The van der Waals surface area contributed by atoms with Gasteiger partial charge < -0.3 is 0 Å². The molecule has 0 unspecified atom stereocenters. The third kappa shape index (κ3) is 5.05. The Morgan fingerprint density at radius 1 is 0.372 bits per heavy atom. The van der Waals surface area contributed by atoms with Gasteiger partial charge in [0.25, 0.3) is 0 Å². The Balaban J connectivity index is 1.38. The van der Waals surface area contributed by atoms with Gasteiger partial charge in [-0.05, 0) is 0 Å². The zero-order valence-electron chi connectivity index (χ0n) is 24.9. The van der Waals surface area contributed by atoms with Crippen LogP contribution in [-0.4, -0.2) is 28.7 Å². The van der Waals surface area contributed by atoms with Crippen LogP contribution in [0.1, 0.15) is 37.8 Å². The minimum atomic E-state index is -1.99. The van der Waals surface area contributed by atoms with Crippen LogP contribution in [-0.2, 0) is 5.41 Å². The molecular formula is C41H36Ge2. The second-order valence-corrected chi connectivity index (χ2v) is 21.9. The van der Waals surface area contributed by atoms with Crippen LogP contribution in [0.4, 0.5) is 0 Å². The van der Waals surface area contributed by atoms with Crippen LogP contribution in [0.15, 0.2) is 158 Å². The second-order valence-electron chi connectivity index (χ2n) is 11.5. The molecule has 0 saturated carbocycles. The summed E-state index contributed by atoms with van der Waals surface area (Å²) in [5, 5.41) is 0. The van der Waals surface area contributed by atoms with E-state index in [4.69, 9.17) is 0 Å². The number of hydrogen-bond donors (Lipinski definition) is 0. The van der Waals surface area contributed by atoms with Gasteiger partial charge in [0.05, 0.1) is 0 Å². The first-order valence-electron chi connectivity index (χ1n) is 15.5. The summed E-state index contributed by atoms with van der Waals surface area (Å²) >= 11 is -3.97. The normalized spacial score (nSPS) is 13.2. The van der Waals surface area contributed by atoms with Crippen molar-refractivity contribution in [3.8, 4) is 11.1 Å². The fraction of sp³-hybridized carbons (Fsp3) is 0.122. The Hall–Kier alpha value is -3.59. The van der Waals surface area contributed by atoms with Crippen molar-refractivity contribution in [2.45, 2.75) is 32.1 Å². The van der Waals surface area contributed by atoms with E-state index in [0.717, 1.165) is 12.8 Å². The topological polar surface area (TPSA) is 0 Å². The molecule has 6 aromatic carbocycles. The molecule has 0 amide bonds. The zero-order valence-corrected chi connectivity index (χ0v) is 29.1. The molecular weight excluding hydrogens is 638 g/mol. The molecule has 0 fully saturated rings. The van der Waals surface area contributed by atoms with E-state index >= 15 is 0 Å². The summed E-state index contributed by atoms with van der Waals surface area (Å²) in [6, 6.07) is 60.1. The van der Waals surface area contributed by atoms with Gasteiger partial charge >= 0.3 is 267 Å². The maximum atomic E-state index is 2.63. The van der Waals surface area contributed by atoms with Crippen LogP contribution >= 0.6 is 0 Å². The second kappa shape index (κ2) is 12.2. The van der Waals surface area contributed by atoms with Crippen molar-refractivity contribution in [1.29, 1.82) is 0 Å². The Morgan fingerprint density at radius 2 is 0.674 bits per heavy atom. The van der Waals surface area contributed by atoms with E-state index in [9.17, 15) is 0 Å². The molecule has 0 nitrogen and oxygen atoms in total. The van der Waals surface area contributed by atoms with E-state index in [1.165, 1.54) is 37.5 Å². The third-order valence-electron chi connectivity index (χ3n) is 9.39. The SMILES string of the molecule is CCC1(CC)c2c[c]([Ge]([c]3ccccc3)[c]3ccccc3)ccc2-c2cc[c]([Ge]([c]3ccccc3)[c]3ccccc3)cc21. The molecule has 1 aliphatic carbocycles. The molecule has 208 valence electrons. The molecule has 2 heteroatoms. The predicted octanol–water partition coefficient (Wildman–Crippen LogP) is 5.81. The van der Waals surface area contributed by atoms with Crippen molar-refractivity contribution >= 4 is 55.1 Å². The Bertz CT molecular complexity index is 1610. The average Bonchev–Trinajstić information content (AvgIpc) is 3.36. The molecule has 0 spiro atoms. The molecule has 43 heavy (non-hydrogen) atoms. The molecule has 0 N–H and O–H groups in total. The van der Waals surface area contributed by atoms with Crippen molar-refractivity contribution < 1.29 is 0 Å². The van der Waals surface area contributed by atoms with E-state index in [2.05, 4.69) is 172 Å². The fourth-order valence-electron chi connectivity index (χ4n) is 7.24. The first-order valence-corrected chi connectivity index (χ1v) is 21.8. The monoisotopic (exact) mass is 676 g/mol. The quantitative estimate of drug-likeness (QED) is 0.179. The van der Waals surface area contributed by atoms with E-state index < -0.39 is 28.7 Å². The molecule has 0 atom stereocenters. The van der Waals surface area contributed by atoms with Gasteiger partial charge in [0.1, 0.15) is 0 Å². The summed E-state index contributed by atoms with van der Waals surface area (Å²) in [4.78, 5) is 0. The first kappa shape index (κ1) is 28.2. The zero-order chi connectivity index (χ0) is 29.2. The standard InChI is InChI=1S/C41H36Ge2/c1-3-41(4-2)39-29-35(42(31-17-9-5-10-18-31)32-19-11-6-12-20-32)25-27-37(39)38-28-26-36(30-40(38)41)43(33-21-13-7-14-22-33)34-23-15-8-16-24-34/h5-30H,3-4H2,1-2H3. The van der Waals surface area contributed by atoms with Crippen molar-refractivity contribution in [1.82, 2.24) is 0 Å². The van der Waals surface area contributed by atoms with Crippen LogP contribution < -0.4 is 26.4 Å². The van der Waals surface area contributed by atoms with Crippen LogP contribution in [0.25, 0.3) is 11.1 Å². The van der Waals surface area contributed by atoms with Crippen molar-refractivity contribution in [3.63, 3.8) is 0 Å². The number of rotatable bonds is 8. The predicted molar refractivity (Wildman–Crippen MR) is 188 cm³/mol. The Kier molecular flexibility index (Phi) is 7.99. The van der Waals surface area contributed by atoms with Gasteiger partial charge in [-0.2, -0.15) is 0 Å². The van der Waals surface area contributed by atoms with Gasteiger partial charge in [-0.15, -0.1) is 0 Å². The number of hydrogen-bond acceptors (Lipinski definition) is 0. The van der Waals surface area contributed by atoms with Gasteiger partial charge in [-0.3, -0.25) is 0 Å². The van der Waals surface area contributed by atoms with E-state index in [1.54, 1.807) is 11.1 Å². The first-order chi connectivity index (χ1) is 21.2. The molecule has 7 rings (SSSR count). The van der Waals surface area contributed by atoms with Crippen LogP contribution in [0, 0.1) is 0 Å². The fourth-order valence-corrected chi connectivity index (χ4v) is 18.1. The summed E-state index contributed by atoms with van der Waals surface area (Å²) in [7, 11) is 0. The van der Waals surface area contributed by atoms with Gasteiger partial charge in [-0.1, -0.05) is 0 Å². The van der Waals surface area contributed by atoms with E-state index in [1.807, 2.05) is 0 Å². The molecule has 1 aliphatic rings. The van der Waals surface area contributed by atoms with E-state index in [0.29, 0.717) is 0 Å². The van der Waals surface area contributed by atoms with Gasteiger partial charge in [-0.25, -0.2) is 0 Å². The molecule has 0 heterocycles. The summed E-state index contributed by atoms with van der Waals surface area (Å²) in [5.41, 5.74) is 5.99.